The molecule has 0 saturated carbocycles. The van der Waals surface area contributed by atoms with E-state index in [1.807, 2.05) is 0 Å². The largest absolute Gasteiger partial charge is 0.481 e. The fourth-order valence-corrected chi connectivity index (χ4v) is 3.19. The fourth-order valence-electron chi connectivity index (χ4n) is 3.19. The molecule has 0 heterocycles. The minimum Gasteiger partial charge on any atom is -0.481 e. The molecule has 0 aromatic rings. The predicted octanol–water partition coefficient (Wildman–Crippen LogP) is 5.89. The Labute approximate surface area is 148 Å². The highest BCUT2D eigenvalue weighted by atomic mass is 16.4. The number of carbonyl (C=O) groups is 2. The lowest BCUT2D eigenvalue weighted by molar-refractivity contribution is -0.146. The molecule has 0 aliphatic carbocycles. The topological polar surface area (TPSA) is 74.6 Å². The number of carboxylic acids is 2. The Bertz CT molecular complexity index is 328. The monoisotopic (exact) mass is 342 g/mol. The van der Waals surface area contributed by atoms with Crippen LogP contribution in [0.15, 0.2) is 0 Å². The highest BCUT2D eigenvalue weighted by molar-refractivity contribution is 5.73. The summed E-state index contributed by atoms with van der Waals surface area (Å²) < 4.78 is 0. The van der Waals surface area contributed by atoms with Gasteiger partial charge in [-0.2, -0.15) is 0 Å². The molecule has 0 radical (unpaired) electrons. The van der Waals surface area contributed by atoms with Gasteiger partial charge in [0.2, 0.25) is 0 Å². The minimum absolute atomic E-state index is 0.284. The lowest BCUT2D eigenvalue weighted by Gasteiger charge is -2.18. The van der Waals surface area contributed by atoms with Crippen LogP contribution in [0.1, 0.15) is 104 Å². The van der Waals surface area contributed by atoms with E-state index in [1.165, 1.54) is 25.7 Å². The van der Waals surface area contributed by atoms with Crippen LogP contribution < -0.4 is 0 Å². The van der Waals surface area contributed by atoms with E-state index in [1.54, 1.807) is 0 Å². The van der Waals surface area contributed by atoms with Crippen molar-refractivity contribution in [1.29, 1.82) is 0 Å². The number of hydrogen-bond donors (Lipinski definition) is 2. The molecule has 0 aliphatic heterocycles. The first kappa shape index (κ1) is 22.9. The van der Waals surface area contributed by atoms with Gasteiger partial charge in [0.1, 0.15) is 0 Å². The molecule has 24 heavy (non-hydrogen) atoms. The summed E-state index contributed by atoms with van der Waals surface area (Å²) in [7, 11) is 0. The summed E-state index contributed by atoms with van der Waals surface area (Å²) in [6.07, 6.45) is 13.8. The van der Waals surface area contributed by atoms with Crippen LogP contribution in [0.3, 0.4) is 0 Å². The maximum Gasteiger partial charge on any atom is 0.306 e. The highest BCUT2D eigenvalue weighted by Crippen LogP contribution is 2.24. The second kappa shape index (κ2) is 15.5. The molecule has 4 heteroatoms. The van der Waals surface area contributed by atoms with E-state index >= 15 is 0 Å². The number of carboxylic acid groups (broad SMARTS) is 2. The zero-order valence-corrected chi connectivity index (χ0v) is 15.8. The van der Waals surface area contributed by atoms with Crippen LogP contribution in [-0.4, -0.2) is 22.2 Å². The molecule has 0 spiro atoms. The van der Waals surface area contributed by atoms with Crippen molar-refractivity contribution in [2.24, 2.45) is 11.8 Å². The quantitative estimate of drug-likeness (QED) is 0.323. The van der Waals surface area contributed by atoms with Crippen LogP contribution in [-0.2, 0) is 9.59 Å². The molecule has 0 rings (SSSR count). The first-order valence-corrected chi connectivity index (χ1v) is 9.98. The summed E-state index contributed by atoms with van der Waals surface area (Å²) in [5.41, 5.74) is 0. The third-order valence-corrected chi connectivity index (χ3v) is 4.83. The Kier molecular flexibility index (Phi) is 14.8. The van der Waals surface area contributed by atoms with Gasteiger partial charge in [-0.1, -0.05) is 84.5 Å². The number of unbranched alkanes of at least 4 members (excludes halogenated alkanes) is 9. The summed E-state index contributed by atoms with van der Waals surface area (Å²) >= 11 is 0. The van der Waals surface area contributed by atoms with Gasteiger partial charge in [-0.05, 0) is 19.3 Å². The zero-order valence-electron chi connectivity index (χ0n) is 15.8. The van der Waals surface area contributed by atoms with Gasteiger partial charge in [0.25, 0.3) is 0 Å². The van der Waals surface area contributed by atoms with Crippen LogP contribution in [0, 0.1) is 11.8 Å². The molecule has 0 fully saturated rings. The van der Waals surface area contributed by atoms with Crippen molar-refractivity contribution in [2.75, 3.05) is 0 Å². The van der Waals surface area contributed by atoms with Crippen molar-refractivity contribution in [2.45, 2.75) is 104 Å². The molecule has 142 valence electrons. The van der Waals surface area contributed by atoms with Crippen LogP contribution in [0.2, 0.25) is 0 Å². The van der Waals surface area contributed by atoms with Crippen LogP contribution >= 0.6 is 0 Å². The van der Waals surface area contributed by atoms with Gasteiger partial charge in [0.15, 0.2) is 0 Å². The summed E-state index contributed by atoms with van der Waals surface area (Å²) in [6.45, 7) is 4.32. The average Bonchev–Trinajstić information content (AvgIpc) is 2.54. The number of hydrogen-bond acceptors (Lipinski definition) is 2. The summed E-state index contributed by atoms with van der Waals surface area (Å²) in [5.74, 6) is -2.68. The predicted molar refractivity (Wildman–Crippen MR) is 98.2 cm³/mol. The van der Waals surface area contributed by atoms with Gasteiger partial charge in [-0.15, -0.1) is 0 Å². The molecule has 0 aliphatic rings. The average molecular weight is 343 g/mol. The number of rotatable bonds is 17. The smallest absolute Gasteiger partial charge is 0.306 e. The lowest BCUT2D eigenvalue weighted by atomic mass is 9.87. The molecule has 0 bridgehead atoms. The van der Waals surface area contributed by atoms with E-state index in [-0.39, 0.29) is 6.42 Å². The molecule has 2 N–H and O–H groups in total. The molecule has 2 unspecified atom stereocenters. The van der Waals surface area contributed by atoms with Gasteiger partial charge in [0, 0.05) is 0 Å². The Morgan fingerprint density at radius 2 is 0.958 bits per heavy atom. The number of aliphatic carboxylic acids is 2. The normalized spacial score (nSPS) is 13.6. The van der Waals surface area contributed by atoms with Crippen molar-refractivity contribution in [1.82, 2.24) is 0 Å². The van der Waals surface area contributed by atoms with Crippen molar-refractivity contribution in [3.8, 4) is 0 Å². The second-order valence-corrected chi connectivity index (χ2v) is 7.07. The highest BCUT2D eigenvalue weighted by Gasteiger charge is 2.26. The summed E-state index contributed by atoms with van der Waals surface area (Å²) in [5, 5.41) is 18.8. The summed E-state index contributed by atoms with van der Waals surface area (Å²) in [6, 6.07) is 0. The Morgan fingerprint density at radius 1 is 0.625 bits per heavy atom. The SMILES string of the molecule is CCCCCCCCCC(CC(CCCCCC)C(=O)O)C(=O)O. The fraction of sp³-hybridized carbons (Fsp3) is 0.900. The third kappa shape index (κ3) is 12.4. The zero-order chi connectivity index (χ0) is 18.2. The Hall–Kier alpha value is -1.06. The van der Waals surface area contributed by atoms with Gasteiger partial charge >= 0.3 is 11.9 Å². The van der Waals surface area contributed by atoms with E-state index in [0.29, 0.717) is 12.8 Å². The molecule has 0 amide bonds. The van der Waals surface area contributed by atoms with E-state index in [4.69, 9.17) is 0 Å². The van der Waals surface area contributed by atoms with Gasteiger partial charge < -0.3 is 10.2 Å². The molecule has 0 aromatic heterocycles. The van der Waals surface area contributed by atoms with Crippen molar-refractivity contribution in [3.05, 3.63) is 0 Å². The van der Waals surface area contributed by atoms with Crippen LogP contribution in [0.25, 0.3) is 0 Å². The molecule has 0 saturated heterocycles. The standard InChI is InChI=1S/C20H38O4/c1-3-5-7-9-10-11-13-15-18(20(23)24)16-17(19(21)22)14-12-8-6-4-2/h17-18H,3-16H2,1-2H3,(H,21,22)(H,23,24). The molecule has 0 aromatic carbocycles. The van der Waals surface area contributed by atoms with Crippen molar-refractivity contribution < 1.29 is 19.8 Å². The van der Waals surface area contributed by atoms with Gasteiger partial charge in [-0.25, -0.2) is 0 Å². The van der Waals surface area contributed by atoms with Gasteiger partial charge in [0.05, 0.1) is 11.8 Å². The summed E-state index contributed by atoms with van der Waals surface area (Å²) in [4.78, 5) is 22.9. The van der Waals surface area contributed by atoms with Crippen molar-refractivity contribution in [3.63, 3.8) is 0 Å². The van der Waals surface area contributed by atoms with E-state index in [2.05, 4.69) is 13.8 Å². The first-order chi connectivity index (χ1) is 11.5. The van der Waals surface area contributed by atoms with Crippen LogP contribution in [0.4, 0.5) is 0 Å². The molecular formula is C20H38O4. The molecular weight excluding hydrogens is 304 g/mol. The second-order valence-electron chi connectivity index (χ2n) is 7.07. The van der Waals surface area contributed by atoms with Crippen molar-refractivity contribution >= 4 is 11.9 Å². The van der Waals surface area contributed by atoms with E-state index in [0.717, 1.165) is 44.9 Å². The minimum atomic E-state index is -0.836. The van der Waals surface area contributed by atoms with Gasteiger partial charge in [-0.3, -0.25) is 9.59 Å². The van der Waals surface area contributed by atoms with E-state index < -0.39 is 23.8 Å². The Morgan fingerprint density at radius 3 is 1.33 bits per heavy atom. The molecule has 2 atom stereocenters. The third-order valence-electron chi connectivity index (χ3n) is 4.83. The molecule has 4 nitrogen and oxygen atoms in total. The maximum absolute atomic E-state index is 11.4. The first-order valence-electron chi connectivity index (χ1n) is 9.98. The lowest BCUT2D eigenvalue weighted by Crippen LogP contribution is -2.23. The Balaban J connectivity index is 4.12. The van der Waals surface area contributed by atoms with E-state index in [9.17, 15) is 19.8 Å². The maximum atomic E-state index is 11.4. The van der Waals surface area contributed by atoms with Crippen LogP contribution in [0.5, 0.6) is 0 Å².